The van der Waals surface area contributed by atoms with Crippen LogP contribution in [0.5, 0.6) is 0 Å². The third-order valence-corrected chi connectivity index (χ3v) is 6.42. The molecule has 0 spiro atoms. The first kappa shape index (κ1) is 22.8. The highest BCUT2D eigenvalue weighted by molar-refractivity contribution is 5.86. The first-order valence-corrected chi connectivity index (χ1v) is 10.8. The Morgan fingerprint density at radius 1 is 0.679 bits per heavy atom. The van der Waals surface area contributed by atoms with Crippen LogP contribution in [0.3, 0.4) is 0 Å². The number of ketones is 1. The van der Waals surface area contributed by atoms with Gasteiger partial charge in [-0.2, -0.15) is 0 Å². The summed E-state index contributed by atoms with van der Waals surface area (Å²) in [6.45, 7) is 10.2. The normalized spacial score (nSPS) is 21.9. The van der Waals surface area contributed by atoms with Crippen molar-refractivity contribution in [1.29, 1.82) is 0 Å². The lowest BCUT2D eigenvalue weighted by Gasteiger charge is -2.37. The van der Waals surface area contributed by atoms with E-state index in [1.165, 1.54) is 0 Å². The van der Waals surface area contributed by atoms with E-state index < -0.39 is 12.1 Å². The van der Waals surface area contributed by atoms with Crippen molar-refractivity contribution in [3.8, 4) is 0 Å². The van der Waals surface area contributed by atoms with Crippen molar-refractivity contribution in [3.05, 3.63) is 0 Å². The first-order chi connectivity index (χ1) is 13.1. The number of piperidine rings is 2. The number of nitrogens with zero attached hydrogens (tertiary/aromatic N) is 2. The fourth-order valence-corrected chi connectivity index (χ4v) is 4.09. The van der Waals surface area contributed by atoms with E-state index in [9.17, 15) is 14.4 Å². The maximum atomic E-state index is 12.9. The molecule has 2 atom stereocenters. The maximum absolute atomic E-state index is 12.9. The third-order valence-electron chi connectivity index (χ3n) is 6.42. The van der Waals surface area contributed by atoms with E-state index in [1.54, 1.807) is 0 Å². The van der Waals surface area contributed by atoms with Gasteiger partial charge in [0.05, 0.1) is 12.1 Å². The monoisotopic (exact) mass is 394 g/mol. The van der Waals surface area contributed by atoms with Gasteiger partial charge in [0.1, 0.15) is 5.78 Å². The van der Waals surface area contributed by atoms with E-state index in [0.717, 1.165) is 0 Å². The second kappa shape index (κ2) is 9.83. The molecule has 7 heteroatoms. The van der Waals surface area contributed by atoms with Crippen LogP contribution in [0.15, 0.2) is 0 Å². The predicted octanol–water partition coefficient (Wildman–Crippen LogP) is 0.999. The number of Topliss-reactive ketones (excluding diaryl/α,β-unsaturated/α-hetero) is 1. The molecule has 7 nitrogen and oxygen atoms in total. The summed E-state index contributed by atoms with van der Waals surface area (Å²) in [6.07, 6.45) is 2.86. The molecular weight excluding hydrogens is 356 g/mol. The summed E-state index contributed by atoms with van der Waals surface area (Å²) in [5.41, 5.74) is 12.0. The van der Waals surface area contributed by atoms with Crippen molar-refractivity contribution in [2.24, 2.45) is 35.1 Å². The van der Waals surface area contributed by atoms with Crippen LogP contribution in [-0.4, -0.2) is 65.7 Å². The lowest BCUT2D eigenvalue weighted by molar-refractivity contribution is -0.140. The molecule has 0 radical (unpaired) electrons. The molecule has 2 saturated heterocycles. The zero-order chi connectivity index (χ0) is 21.0. The molecular formula is C21H38N4O3. The van der Waals surface area contributed by atoms with E-state index in [1.807, 2.05) is 37.5 Å². The summed E-state index contributed by atoms with van der Waals surface area (Å²) >= 11 is 0. The lowest BCUT2D eigenvalue weighted by atomic mass is 9.81. The quantitative estimate of drug-likeness (QED) is 0.698. The van der Waals surface area contributed by atoms with Gasteiger partial charge in [-0.05, 0) is 37.5 Å². The van der Waals surface area contributed by atoms with Crippen LogP contribution in [0.25, 0.3) is 0 Å². The number of nitrogens with two attached hydrogens (primary N) is 2. The van der Waals surface area contributed by atoms with E-state index in [2.05, 4.69) is 0 Å². The topological polar surface area (TPSA) is 110 Å². The second-order valence-electron chi connectivity index (χ2n) is 9.14. The molecule has 2 aliphatic heterocycles. The van der Waals surface area contributed by atoms with Gasteiger partial charge in [0.15, 0.2) is 0 Å². The standard InChI is InChI=1S/C21H38N4O3/c1-13(2)17(22)20(27)24-9-5-15(6-10-24)19(26)16-7-11-25(12-8-16)21(28)18(23)14(3)4/h13-18H,5-12,22-23H2,1-4H3. The number of hydrogen-bond donors (Lipinski definition) is 2. The average Bonchev–Trinajstić information content (AvgIpc) is 2.71. The molecule has 0 aliphatic carbocycles. The minimum absolute atomic E-state index is 0.00536. The van der Waals surface area contributed by atoms with Gasteiger partial charge < -0.3 is 21.3 Å². The summed E-state index contributed by atoms with van der Waals surface area (Å²) in [7, 11) is 0. The molecule has 2 unspecified atom stereocenters. The van der Waals surface area contributed by atoms with Gasteiger partial charge in [-0.3, -0.25) is 14.4 Å². The molecule has 160 valence electrons. The zero-order valence-corrected chi connectivity index (χ0v) is 17.9. The Kier molecular flexibility index (Phi) is 8.01. The Morgan fingerprint density at radius 3 is 1.21 bits per heavy atom. The Bertz CT molecular complexity index is 514. The molecule has 4 N–H and O–H groups in total. The second-order valence-corrected chi connectivity index (χ2v) is 9.14. The van der Waals surface area contributed by atoms with Crippen LogP contribution in [0.2, 0.25) is 0 Å². The Morgan fingerprint density at radius 2 is 0.964 bits per heavy atom. The van der Waals surface area contributed by atoms with E-state index in [-0.39, 0.29) is 35.5 Å². The number of amides is 2. The fraction of sp³-hybridized carbons (Fsp3) is 0.857. The molecule has 0 aromatic rings. The van der Waals surface area contributed by atoms with Crippen LogP contribution in [-0.2, 0) is 14.4 Å². The molecule has 0 saturated carbocycles. The number of likely N-dealkylation sites (tertiary alicyclic amines) is 2. The van der Waals surface area contributed by atoms with Crippen LogP contribution in [0.1, 0.15) is 53.4 Å². The molecule has 2 rings (SSSR count). The number of rotatable bonds is 6. The third kappa shape index (κ3) is 5.32. The van der Waals surface area contributed by atoms with Crippen molar-refractivity contribution in [2.45, 2.75) is 65.5 Å². The summed E-state index contributed by atoms with van der Waals surface area (Å²) in [6, 6.07) is -0.933. The van der Waals surface area contributed by atoms with Gasteiger partial charge in [0, 0.05) is 38.0 Å². The van der Waals surface area contributed by atoms with Crippen LogP contribution >= 0.6 is 0 Å². The summed E-state index contributed by atoms with van der Waals surface area (Å²) in [5, 5.41) is 0. The average molecular weight is 395 g/mol. The fourth-order valence-electron chi connectivity index (χ4n) is 4.09. The van der Waals surface area contributed by atoms with Gasteiger partial charge in [-0.15, -0.1) is 0 Å². The van der Waals surface area contributed by atoms with Crippen LogP contribution in [0, 0.1) is 23.7 Å². The number of carbonyl (C=O) groups is 3. The SMILES string of the molecule is CC(C)C(N)C(=O)N1CCC(C(=O)C2CCN(C(=O)C(N)C(C)C)CC2)CC1. The van der Waals surface area contributed by atoms with Crippen molar-refractivity contribution < 1.29 is 14.4 Å². The Balaban J connectivity index is 1.80. The highest BCUT2D eigenvalue weighted by Crippen LogP contribution is 2.28. The predicted molar refractivity (Wildman–Crippen MR) is 109 cm³/mol. The smallest absolute Gasteiger partial charge is 0.239 e. The highest BCUT2D eigenvalue weighted by Gasteiger charge is 2.36. The zero-order valence-electron chi connectivity index (χ0n) is 17.9. The molecule has 0 bridgehead atoms. The van der Waals surface area contributed by atoms with E-state index in [0.29, 0.717) is 57.6 Å². The number of carbonyl (C=O) groups excluding carboxylic acids is 3. The van der Waals surface area contributed by atoms with Crippen molar-refractivity contribution in [3.63, 3.8) is 0 Å². The van der Waals surface area contributed by atoms with E-state index >= 15 is 0 Å². The minimum Gasteiger partial charge on any atom is -0.341 e. The molecule has 0 aromatic heterocycles. The van der Waals surface area contributed by atoms with Gasteiger partial charge in [-0.1, -0.05) is 27.7 Å². The van der Waals surface area contributed by atoms with Crippen LogP contribution in [0.4, 0.5) is 0 Å². The van der Waals surface area contributed by atoms with E-state index in [4.69, 9.17) is 11.5 Å². The van der Waals surface area contributed by atoms with Crippen molar-refractivity contribution >= 4 is 17.6 Å². The van der Waals surface area contributed by atoms with Crippen LogP contribution < -0.4 is 11.5 Å². The highest BCUT2D eigenvalue weighted by atomic mass is 16.2. The Hall–Kier alpha value is -1.47. The van der Waals surface area contributed by atoms with Gasteiger partial charge in [0.25, 0.3) is 0 Å². The molecule has 2 heterocycles. The number of hydrogen-bond acceptors (Lipinski definition) is 5. The molecule has 2 amide bonds. The molecule has 2 aliphatic rings. The van der Waals surface area contributed by atoms with Crippen molar-refractivity contribution in [2.75, 3.05) is 26.2 Å². The largest absolute Gasteiger partial charge is 0.341 e. The molecule has 0 aromatic carbocycles. The first-order valence-electron chi connectivity index (χ1n) is 10.8. The van der Waals surface area contributed by atoms with Gasteiger partial charge >= 0.3 is 0 Å². The minimum atomic E-state index is -0.466. The summed E-state index contributed by atoms with van der Waals surface area (Å²) in [5.74, 6) is 0.560. The lowest BCUT2D eigenvalue weighted by Crippen LogP contribution is -2.51. The molecule has 2 fully saturated rings. The Labute approximate surface area is 169 Å². The molecule has 28 heavy (non-hydrogen) atoms. The summed E-state index contributed by atoms with van der Waals surface area (Å²) in [4.78, 5) is 41.3. The summed E-state index contributed by atoms with van der Waals surface area (Å²) < 4.78 is 0. The van der Waals surface area contributed by atoms with Crippen molar-refractivity contribution in [1.82, 2.24) is 9.80 Å². The van der Waals surface area contributed by atoms with Gasteiger partial charge in [-0.25, -0.2) is 0 Å². The maximum Gasteiger partial charge on any atom is 0.239 e. The van der Waals surface area contributed by atoms with Gasteiger partial charge in [0.2, 0.25) is 11.8 Å².